The second-order valence-corrected chi connectivity index (χ2v) is 5.33. The van der Waals surface area contributed by atoms with Gasteiger partial charge < -0.3 is 5.11 Å². The van der Waals surface area contributed by atoms with E-state index < -0.39 is 0 Å². The van der Waals surface area contributed by atoms with Crippen LogP contribution in [0.4, 0.5) is 0 Å². The van der Waals surface area contributed by atoms with Gasteiger partial charge in [-0.05, 0) is 44.1 Å². The monoisotopic (exact) mass is 204 g/mol. The molecule has 0 heterocycles. The molecule has 1 aromatic rings. The summed E-state index contributed by atoms with van der Waals surface area (Å²) in [5.74, 6) is 0. The van der Waals surface area contributed by atoms with Crippen molar-refractivity contribution in [3.05, 3.63) is 34.9 Å². The minimum Gasteiger partial charge on any atom is -0.393 e. The lowest BCUT2D eigenvalue weighted by atomic mass is 9.80. The van der Waals surface area contributed by atoms with Crippen molar-refractivity contribution in [1.82, 2.24) is 0 Å². The molecule has 1 nitrogen and oxygen atoms in total. The molecule has 82 valence electrons. The molecule has 0 aromatic heterocycles. The smallest absolute Gasteiger partial charge is 0.0549 e. The summed E-state index contributed by atoms with van der Waals surface area (Å²) in [5, 5.41) is 9.66. The van der Waals surface area contributed by atoms with Crippen molar-refractivity contribution in [2.24, 2.45) is 0 Å². The van der Waals surface area contributed by atoms with Crippen LogP contribution in [0, 0.1) is 13.8 Å². The first-order chi connectivity index (χ1) is 6.99. The van der Waals surface area contributed by atoms with Crippen molar-refractivity contribution in [3.63, 3.8) is 0 Å². The molecule has 2 atom stereocenters. The maximum Gasteiger partial charge on any atom is 0.0549 e. The Bertz CT molecular complexity index is 349. The summed E-state index contributed by atoms with van der Waals surface area (Å²) >= 11 is 0. The quantitative estimate of drug-likeness (QED) is 0.745. The van der Waals surface area contributed by atoms with E-state index in [1.165, 1.54) is 16.7 Å². The van der Waals surface area contributed by atoms with Crippen molar-refractivity contribution < 1.29 is 5.11 Å². The van der Waals surface area contributed by atoms with Crippen LogP contribution in [0.1, 0.15) is 42.9 Å². The van der Waals surface area contributed by atoms with E-state index in [9.17, 15) is 5.11 Å². The summed E-state index contributed by atoms with van der Waals surface area (Å²) in [5.41, 5.74) is 4.24. The van der Waals surface area contributed by atoms with Gasteiger partial charge in [-0.3, -0.25) is 0 Å². The van der Waals surface area contributed by atoms with Crippen LogP contribution in [-0.2, 0) is 5.41 Å². The van der Waals surface area contributed by atoms with Crippen LogP contribution in [0.2, 0.25) is 0 Å². The summed E-state index contributed by atoms with van der Waals surface area (Å²) in [6, 6.07) is 6.74. The second kappa shape index (κ2) is 3.64. The van der Waals surface area contributed by atoms with Gasteiger partial charge in [-0.25, -0.2) is 0 Å². The lowest BCUT2D eigenvalue weighted by molar-refractivity contribution is 0.175. The van der Waals surface area contributed by atoms with Crippen molar-refractivity contribution in [2.75, 3.05) is 0 Å². The lowest BCUT2D eigenvalue weighted by Crippen LogP contribution is -2.19. The third-order valence-electron chi connectivity index (χ3n) is 3.63. The molecule has 0 amide bonds. The number of hydrogen-bond donors (Lipinski definition) is 1. The number of aryl methyl sites for hydroxylation is 2. The Labute approximate surface area is 92.1 Å². The zero-order chi connectivity index (χ0) is 11.1. The fourth-order valence-electron chi connectivity index (χ4n) is 2.79. The van der Waals surface area contributed by atoms with Crippen LogP contribution in [0.25, 0.3) is 0 Å². The van der Waals surface area contributed by atoms with Crippen LogP contribution >= 0.6 is 0 Å². The van der Waals surface area contributed by atoms with Crippen molar-refractivity contribution in [1.29, 1.82) is 0 Å². The first-order valence-electron chi connectivity index (χ1n) is 5.76. The van der Waals surface area contributed by atoms with E-state index in [1.54, 1.807) is 0 Å². The number of rotatable bonds is 1. The highest BCUT2D eigenvalue weighted by atomic mass is 16.3. The third kappa shape index (κ3) is 2.07. The van der Waals surface area contributed by atoms with Gasteiger partial charge in [0.1, 0.15) is 0 Å². The van der Waals surface area contributed by atoms with Crippen molar-refractivity contribution in [2.45, 2.75) is 51.6 Å². The van der Waals surface area contributed by atoms with Crippen LogP contribution in [-0.4, -0.2) is 11.2 Å². The molecule has 1 aromatic carbocycles. The highest BCUT2D eigenvalue weighted by Gasteiger charge is 2.35. The molecule has 1 fully saturated rings. The van der Waals surface area contributed by atoms with E-state index in [4.69, 9.17) is 0 Å². The Hall–Kier alpha value is -0.820. The van der Waals surface area contributed by atoms with E-state index >= 15 is 0 Å². The Morgan fingerprint density at radius 3 is 2.27 bits per heavy atom. The van der Waals surface area contributed by atoms with Gasteiger partial charge in [-0.2, -0.15) is 0 Å². The maximum atomic E-state index is 9.66. The first-order valence-corrected chi connectivity index (χ1v) is 5.76. The molecule has 0 bridgehead atoms. The number of aliphatic hydroxyl groups is 1. The molecule has 1 saturated carbocycles. The fraction of sp³-hybridized carbons (Fsp3) is 0.571. The van der Waals surface area contributed by atoms with Crippen LogP contribution in [0.3, 0.4) is 0 Å². The molecule has 1 N–H and O–H groups in total. The second-order valence-electron chi connectivity index (χ2n) is 5.33. The Kier molecular flexibility index (Phi) is 2.59. The Morgan fingerprint density at radius 1 is 1.20 bits per heavy atom. The maximum absolute atomic E-state index is 9.66. The summed E-state index contributed by atoms with van der Waals surface area (Å²) < 4.78 is 0. The molecule has 15 heavy (non-hydrogen) atoms. The van der Waals surface area contributed by atoms with E-state index in [2.05, 4.69) is 39.0 Å². The zero-order valence-corrected chi connectivity index (χ0v) is 9.88. The fourth-order valence-corrected chi connectivity index (χ4v) is 2.79. The van der Waals surface area contributed by atoms with E-state index in [0.717, 1.165) is 19.3 Å². The molecule has 2 unspecified atom stereocenters. The van der Waals surface area contributed by atoms with Crippen LogP contribution < -0.4 is 0 Å². The molecule has 0 saturated heterocycles. The van der Waals surface area contributed by atoms with Gasteiger partial charge in [0.15, 0.2) is 0 Å². The highest BCUT2D eigenvalue weighted by Crippen LogP contribution is 2.41. The van der Waals surface area contributed by atoms with E-state index in [-0.39, 0.29) is 11.5 Å². The average molecular weight is 204 g/mol. The zero-order valence-electron chi connectivity index (χ0n) is 9.88. The molecule has 0 radical (unpaired) electrons. The Morgan fingerprint density at radius 2 is 1.80 bits per heavy atom. The number of aliphatic hydroxyl groups excluding tert-OH is 1. The van der Waals surface area contributed by atoms with Gasteiger partial charge >= 0.3 is 0 Å². The normalized spacial score (nSPS) is 30.8. The predicted octanol–water partition coefficient (Wildman–Crippen LogP) is 3.11. The van der Waals surface area contributed by atoms with Crippen LogP contribution in [0.15, 0.2) is 18.2 Å². The molecule has 1 heteroatoms. The highest BCUT2D eigenvalue weighted by molar-refractivity contribution is 5.34. The SMILES string of the molecule is Cc1cc(C)cc(C2(C)CCC(O)C2)c1. The van der Waals surface area contributed by atoms with Crippen LogP contribution in [0.5, 0.6) is 0 Å². The van der Waals surface area contributed by atoms with Gasteiger partial charge in [0, 0.05) is 0 Å². The minimum absolute atomic E-state index is 0.101. The number of hydrogen-bond acceptors (Lipinski definition) is 1. The third-order valence-corrected chi connectivity index (χ3v) is 3.63. The summed E-state index contributed by atoms with van der Waals surface area (Å²) in [4.78, 5) is 0. The van der Waals surface area contributed by atoms with Crippen molar-refractivity contribution >= 4 is 0 Å². The standard InChI is InChI=1S/C14H20O/c1-10-6-11(2)8-12(7-10)14(3)5-4-13(15)9-14/h6-8,13,15H,4-5,9H2,1-3H3. The predicted molar refractivity (Wildman–Crippen MR) is 63.1 cm³/mol. The van der Waals surface area contributed by atoms with Gasteiger partial charge in [0.25, 0.3) is 0 Å². The summed E-state index contributed by atoms with van der Waals surface area (Å²) in [7, 11) is 0. The molecule has 0 spiro atoms. The largest absolute Gasteiger partial charge is 0.393 e. The molecular formula is C14H20O. The van der Waals surface area contributed by atoms with E-state index in [1.807, 2.05) is 0 Å². The molecule has 1 aliphatic carbocycles. The minimum atomic E-state index is -0.101. The van der Waals surface area contributed by atoms with Crippen molar-refractivity contribution in [3.8, 4) is 0 Å². The lowest BCUT2D eigenvalue weighted by Gasteiger charge is -2.25. The number of benzene rings is 1. The van der Waals surface area contributed by atoms with E-state index in [0.29, 0.717) is 0 Å². The molecule has 2 rings (SSSR count). The molecule has 0 aliphatic heterocycles. The van der Waals surface area contributed by atoms with Gasteiger partial charge in [-0.1, -0.05) is 36.2 Å². The van der Waals surface area contributed by atoms with Gasteiger partial charge in [0.2, 0.25) is 0 Å². The first kappa shape index (κ1) is 10.7. The molecular weight excluding hydrogens is 184 g/mol. The summed E-state index contributed by atoms with van der Waals surface area (Å²) in [6.45, 7) is 6.56. The summed E-state index contributed by atoms with van der Waals surface area (Å²) in [6.07, 6.45) is 2.87. The van der Waals surface area contributed by atoms with Gasteiger partial charge in [0.05, 0.1) is 6.10 Å². The average Bonchev–Trinajstić information content (AvgIpc) is 2.46. The molecule has 1 aliphatic rings. The van der Waals surface area contributed by atoms with Gasteiger partial charge in [-0.15, -0.1) is 0 Å². The Balaban J connectivity index is 2.36. The topological polar surface area (TPSA) is 20.2 Å².